The van der Waals surface area contributed by atoms with Crippen LogP contribution in [0.1, 0.15) is 17.5 Å². The maximum Gasteiger partial charge on any atom is 0.0367 e. The first-order valence-corrected chi connectivity index (χ1v) is 9.45. The third kappa shape index (κ3) is 5.58. The summed E-state index contributed by atoms with van der Waals surface area (Å²) in [5.41, 5.74) is 4.24. The van der Waals surface area contributed by atoms with Gasteiger partial charge in [-0.2, -0.15) is 0 Å². The molecular formula is C22H31N3. The van der Waals surface area contributed by atoms with Gasteiger partial charge in [-0.1, -0.05) is 42.5 Å². The highest BCUT2D eigenvalue weighted by Crippen LogP contribution is 2.19. The number of piperazine rings is 1. The van der Waals surface area contributed by atoms with E-state index in [1.165, 1.54) is 29.7 Å². The van der Waals surface area contributed by atoms with Crippen LogP contribution in [0.5, 0.6) is 0 Å². The van der Waals surface area contributed by atoms with Crippen molar-refractivity contribution in [2.75, 3.05) is 51.7 Å². The third-order valence-corrected chi connectivity index (χ3v) is 4.99. The summed E-state index contributed by atoms with van der Waals surface area (Å²) < 4.78 is 0. The zero-order valence-electron chi connectivity index (χ0n) is 15.7. The summed E-state index contributed by atoms with van der Waals surface area (Å²) in [6.07, 6.45) is 2.40. The predicted octanol–water partition coefficient (Wildman–Crippen LogP) is 3.50. The molecule has 0 aromatic heterocycles. The minimum absolute atomic E-state index is 1.07. The van der Waals surface area contributed by atoms with E-state index in [1.807, 2.05) is 0 Å². The van der Waals surface area contributed by atoms with Crippen molar-refractivity contribution in [2.24, 2.45) is 0 Å². The lowest BCUT2D eigenvalue weighted by Crippen LogP contribution is -2.45. The van der Waals surface area contributed by atoms with Gasteiger partial charge in [0, 0.05) is 38.4 Å². The molecule has 1 saturated heterocycles. The fourth-order valence-electron chi connectivity index (χ4n) is 3.48. The van der Waals surface area contributed by atoms with E-state index in [9.17, 15) is 0 Å². The molecule has 0 radical (unpaired) electrons. The molecule has 0 N–H and O–H groups in total. The van der Waals surface area contributed by atoms with Crippen molar-refractivity contribution in [2.45, 2.75) is 19.4 Å². The van der Waals surface area contributed by atoms with Crippen LogP contribution >= 0.6 is 0 Å². The molecule has 1 aliphatic heterocycles. The lowest BCUT2D eigenvalue weighted by molar-refractivity contribution is 0.250. The van der Waals surface area contributed by atoms with Crippen LogP contribution in [0.4, 0.5) is 5.69 Å². The van der Waals surface area contributed by atoms with Gasteiger partial charge in [0.15, 0.2) is 0 Å². The van der Waals surface area contributed by atoms with E-state index in [4.69, 9.17) is 0 Å². The Labute approximate surface area is 152 Å². The molecule has 25 heavy (non-hydrogen) atoms. The normalized spacial score (nSPS) is 15.7. The summed E-state index contributed by atoms with van der Waals surface area (Å²) in [6, 6.07) is 20.0. The zero-order chi connectivity index (χ0) is 17.5. The van der Waals surface area contributed by atoms with Crippen molar-refractivity contribution < 1.29 is 0 Å². The average Bonchev–Trinajstić information content (AvgIpc) is 2.64. The van der Waals surface area contributed by atoms with Gasteiger partial charge >= 0.3 is 0 Å². The Balaban J connectivity index is 1.46. The van der Waals surface area contributed by atoms with Gasteiger partial charge in [0.1, 0.15) is 0 Å². The Morgan fingerprint density at radius 3 is 2.12 bits per heavy atom. The van der Waals surface area contributed by atoms with Crippen LogP contribution in [-0.2, 0) is 13.0 Å². The molecule has 0 unspecified atom stereocenters. The van der Waals surface area contributed by atoms with Crippen molar-refractivity contribution in [1.29, 1.82) is 0 Å². The van der Waals surface area contributed by atoms with Crippen LogP contribution in [0.3, 0.4) is 0 Å². The molecule has 0 saturated carbocycles. The monoisotopic (exact) mass is 337 g/mol. The molecule has 0 spiro atoms. The Bertz CT molecular complexity index is 613. The molecule has 1 heterocycles. The van der Waals surface area contributed by atoms with E-state index >= 15 is 0 Å². The van der Waals surface area contributed by atoms with Crippen LogP contribution in [0.2, 0.25) is 0 Å². The third-order valence-electron chi connectivity index (χ3n) is 4.99. The molecule has 0 aliphatic carbocycles. The highest BCUT2D eigenvalue weighted by Gasteiger charge is 2.17. The summed E-state index contributed by atoms with van der Waals surface area (Å²) in [5, 5.41) is 0. The van der Waals surface area contributed by atoms with Gasteiger partial charge in [-0.25, -0.2) is 0 Å². The van der Waals surface area contributed by atoms with Crippen LogP contribution in [0.25, 0.3) is 0 Å². The van der Waals surface area contributed by atoms with Crippen molar-refractivity contribution >= 4 is 5.69 Å². The predicted molar refractivity (Wildman–Crippen MR) is 107 cm³/mol. The van der Waals surface area contributed by atoms with Crippen LogP contribution < -0.4 is 4.90 Å². The molecule has 3 nitrogen and oxygen atoms in total. The molecule has 0 bridgehead atoms. The lowest BCUT2D eigenvalue weighted by Gasteiger charge is -2.36. The van der Waals surface area contributed by atoms with Crippen molar-refractivity contribution in [1.82, 2.24) is 9.80 Å². The Kier molecular flexibility index (Phi) is 6.48. The van der Waals surface area contributed by atoms with Gasteiger partial charge in [0.25, 0.3) is 0 Å². The fourth-order valence-corrected chi connectivity index (χ4v) is 3.48. The molecule has 1 fully saturated rings. The van der Waals surface area contributed by atoms with Gasteiger partial charge in [-0.15, -0.1) is 0 Å². The minimum atomic E-state index is 1.07. The summed E-state index contributed by atoms with van der Waals surface area (Å²) in [6.45, 7) is 6.74. The first-order chi connectivity index (χ1) is 12.2. The van der Waals surface area contributed by atoms with Crippen molar-refractivity contribution in [3.05, 3.63) is 65.7 Å². The molecule has 2 aromatic rings. The Morgan fingerprint density at radius 2 is 1.48 bits per heavy atom. The zero-order valence-corrected chi connectivity index (χ0v) is 15.7. The molecule has 0 amide bonds. The molecule has 134 valence electrons. The largest absolute Gasteiger partial charge is 0.369 e. The number of hydrogen-bond donors (Lipinski definition) is 0. The number of hydrogen-bond acceptors (Lipinski definition) is 3. The number of anilines is 1. The highest BCUT2D eigenvalue weighted by atomic mass is 15.3. The number of nitrogens with zero attached hydrogens (tertiary/aromatic N) is 3. The molecular weight excluding hydrogens is 306 g/mol. The topological polar surface area (TPSA) is 9.72 Å². The van der Waals surface area contributed by atoms with E-state index in [1.54, 1.807) is 0 Å². The van der Waals surface area contributed by atoms with E-state index < -0.39 is 0 Å². The van der Waals surface area contributed by atoms with Gasteiger partial charge in [-0.3, -0.25) is 4.90 Å². The van der Waals surface area contributed by atoms with Gasteiger partial charge < -0.3 is 9.80 Å². The first kappa shape index (κ1) is 18.0. The van der Waals surface area contributed by atoms with Crippen molar-refractivity contribution in [3.63, 3.8) is 0 Å². The first-order valence-electron chi connectivity index (χ1n) is 9.45. The SMILES string of the molecule is CN(C)CCCc1ccc(N2CCN(Cc3ccccc3)CC2)cc1. The molecule has 1 aliphatic rings. The van der Waals surface area contributed by atoms with E-state index in [2.05, 4.69) is 83.4 Å². The maximum atomic E-state index is 2.56. The molecule has 0 atom stereocenters. The number of aryl methyl sites for hydroxylation is 1. The highest BCUT2D eigenvalue weighted by molar-refractivity contribution is 5.48. The summed E-state index contributed by atoms with van der Waals surface area (Å²) in [4.78, 5) is 7.33. The summed E-state index contributed by atoms with van der Waals surface area (Å²) >= 11 is 0. The van der Waals surface area contributed by atoms with E-state index in [0.29, 0.717) is 0 Å². The number of benzene rings is 2. The van der Waals surface area contributed by atoms with Gasteiger partial charge in [0.2, 0.25) is 0 Å². The number of rotatable bonds is 7. The molecule has 3 heteroatoms. The minimum Gasteiger partial charge on any atom is -0.369 e. The quantitative estimate of drug-likeness (QED) is 0.765. The maximum absolute atomic E-state index is 2.56. The Morgan fingerprint density at radius 1 is 0.800 bits per heavy atom. The standard InChI is InChI=1S/C22H31N3/c1-23(2)14-6-9-20-10-12-22(13-11-20)25-17-15-24(16-18-25)19-21-7-4-3-5-8-21/h3-5,7-8,10-13H,6,9,14-19H2,1-2H3. The second kappa shape index (κ2) is 9.02. The van der Waals surface area contributed by atoms with Crippen molar-refractivity contribution in [3.8, 4) is 0 Å². The van der Waals surface area contributed by atoms with Crippen LogP contribution in [0, 0.1) is 0 Å². The lowest BCUT2D eigenvalue weighted by atomic mass is 10.1. The summed E-state index contributed by atoms with van der Waals surface area (Å²) in [5.74, 6) is 0. The van der Waals surface area contributed by atoms with Gasteiger partial charge in [-0.05, 0) is 56.7 Å². The average molecular weight is 338 g/mol. The fraction of sp³-hybridized carbons (Fsp3) is 0.455. The molecule has 3 rings (SSSR count). The van der Waals surface area contributed by atoms with Crippen LogP contribution in [-0.4, -0.2) is 56.6 Å². The molecule has 2 aromatic carbocycles. The Hall–Kier alpha value is -1.84. The second-order valence-electron chi connectivity index (χ2n) is 7.32. The van der Waals surface area contributed by atoms with Crippen LogP contribution in [0.15, 0.2) is 54.6 Å². The van der Waals surface area contributed by atoms with Gasteiger partial charge in [0.05, 0.1) is 0 Å². The summed E-state index contributed by atoms with van der Waals surface area (Å²) in [7, 11) is 4.28. The smallest absolute Gasteiger partial charge is 0.0367 e. The van der Waals surface area contributed by atoms with E-state index in [0.717, 1.165) is 39.3 Å². The van der Waals surface area contributed by atoms with E-state index in [-0.39, 0.29) is 0 Å². The second-order valence-corrected chi connectivity index (χ2v) is 7.32.